The molecule has 0 bridgehead atoms. The molecule has 2 fully saturated rings. The summed E-state index contributed by atoms with van der Waals surface area (Å²) in [7, 11) is 0. The molecule has 1 aliphatic carbocycles. The number of aryl methyl sites for hydroxylation is 1. The molecule has 6 nitrogen and oxygen atoms in total. The van der Waals surface area contributed by atoms with Gasteiger partial charge in [0.05, 0.1) is 6.54 Å². The van der Waals surface area contributed by atoms with E-state index < -0.39 is 17.5 Å². The number of aromatic nitrogens is 1. The molecule has 3 amide bonds. The lowest BCUT2D eigenvalue weighted by molar-refractivity contribution is -0.130. The van der Waals surface area contributed by atoms with Gasteiger partial charge < -0.3 is 9.88 Å². The SMILES string of the molecule is Cc1cc(C(=O)CN2C(=O)N[C@@](C)(c3cccc4ccccc34)C2=O)c(C)n1C1CC1. The van der Waals surface area contributed by atoms with Crippen LogP contribution in [0.4, 0.5) is 4.79 Å². The number of imide groups is 1. The van der Waals surface area contributed by atoms with Crippen LogP contribution in [0.1, 0.15) is 53.1 Å². The average Bonchev–Trinajstić information content (AvgIpc) is 3.50. The van der Waals surface area contributed by atoms with Crippen molar-refractivity contribution in [2.75, 3.05) is 6.54 Å². The minimum atomic E-state index is -1.22. The highest BCUT2D eigenvalue weighted by molar-refractivity contribution is 6.12. The standard InChI is InChI=1S/C25H25N3O3/c1-15-13-20(16(2)28(15)18-11-12-18)22(29)14-27-23(30)25(3,26-24(27)31)21-10-6-8-17-7-4-5-9-19(17)21/h4-10,13,18H,11-12,14H2,1-3H3,(H,26,31)/t25-/m0/s1. The Morgan fingerprint density at radius 3 is 2.55 bits per heavy atom. The average molecular weight is 415 g/mol. The van der Waals surface area contributed by atoms with Gasteiger partial charge in [-0.05, 0) is 56.0 Å². The van der Waals surface area contributed by atoms with Crippen molar-refractivity contribution in [1.82, 2.24) is 14.8 Å². The Balaban J connectivity index is 1.45. The van der Waals surface area contributed by atoms with Gasteiger partial charge in [-0.15, -0.1) is 0 Å². The molecule has 2 heterocycles. The summed E-state index contributed by atoms with van der Waals surface area (Å²) in [4.78, 5) is 40.3. The number of nitrogens with one attached hydrogen (secondary N) is 1. The van der Waals surface area contributed by atoms with E-state index in [0.717, 1.165) is 45.5 Å². The van der Waals surface area contributed by atoms with Crippen molar-refractivity contribution in [3.63, 3.8) is 0 Å². The number of benzene rings is 2. The quantitative estimate of drug-likeness (QED) is 0.500. The van der Waals surface area contributed by atoms with Crippen molar-refractivity contribution in [3.8, 4) is 0 Å². The first-order valence-corrected chi connectivity index (χ1v) is 10.6. The normalized spacial score (nSPS) is 21.1. The molecule has 1 aromatic heterocycles. The van der Waals surface area contributed by atoms with Crippen molar-refractivity contribution in [2.24, 2.45) is 0 Å². The number of hydrogen-bond acceptors (Lipinski definition) is 3. The lowest BCUT2D eigenvalue weighted by Crippen LogP contribution is -2.41. The molecule has 1 saturated heterocycles. The van der Waals surface area contributed by atoms with E-state index in [2.05, 4.69) is 9.88 Å². The fourth-order valence-electron chi connectivity index (χ4n) is 4.87. The molecule has 31 heavy (non-hydrogen) atoms. The predicted octanol–water partition coefficient (Wildman–Crippen LogP) is 4.24. The Kier molecular flexibility index (Phi) is 4.29. The van der Waals surface area contributed by atoms with Crippen LogP contribution in [0.2, 0.25) is 0 Å². The zero-order valence-electron chi connectivity index (χ0n) is 17.9. The van der Waals surface area contributed by atoms with E-state index in [-0.39, 0.29) is 12.3 Å². The van der Waals surface area contributed by atoms with Crippen LogP contribution in [0.3, 0.4) is 0 Å². The second-order valence-corrected chi connectivity index (χ2v) is 8.78. The highest BCUT2D eigenvalue weighted by Gasteiger charge is 2.50. The first-order valence-electron chi connectivity index (χ1n) is 10.6. The van der Waals surface area contributed by atoms with Gasteiger partial charge in [0.2, 0.25) is 0 Å². The van der Waals surface area contributed by atoms with Crippen LogP contribution in [0.5, 0.6) is 0 Å². The molecule has 0 spiro atoms. The first-order chi connectivity index (χ1) is 14.8. The Bertz CT molecular complexity index is 1250. The number of rotatable bonds is 5. The van der Waals surface area contributed by atoms with Gasteiger partial charge in [-0.3, -0.25) is 14.5 Å². The number of nitrogens with zero attached hydrogens (tertiary/aromatic N) is 2. The van der Waals surface area contributed by atoms with Crippen molar-refractivity contribution >= 4 is 28.5 Å². The molecule has 2 aliphatic rings. The van der Waals surface area contributed by atoms with Crippen LogP contribution in [-0.2, 0) is 10.3 Å². The number of ketones is 1. The molecule has 5 rings (SSSR count). The number of Topliss-reactive ketones (excluding diaryl/α,β-unsaturated/α-hetero) is 1. The van der Waals surface area contributed by atoms with Crippen LogP contribution in [0.15, 0.2) is 48.5 Å². The van der Waals surface area contributed by atoms with Crippen molar-refractivity contribution < 1.29 is 14.4 Å². The topological polar surface area (TPSA) is 71.4 Å². The maximum Gasteiger partial charge on any atom is 0.325 e. The number of urea groups is 1. The van der Waals surface area contributed by atoms with Crippen LogP contribution in [0.25, 0.3) is 10.8 Å². The van der Waals surface area contributed by atoms with E-state index >= 15 is 0 Å². The molecule has 1 atom stereocenters. The molecular formula is C25H25N3O3. The van der Waals surface area contributed by atoms with E-state index in [9.17, 15) is 14.4 Å². The van der Waals surface area contributed by atoms with Gasteiger partial charge in [0.1, 0.15) is 5.54 Å². The van der Waals surface area contributed by atoms with Gasteiger partial charge in [-0.25, -0.2) is 4.79 Å². The van der Waals surface area contributed by atoms with E-state index in [4.69, 9.17) is 0 Å². The molecule has 1 N–H and O–H groups in total. The minimum absolute atomic E-state index is 0.217. The smallest absolute Gasteiger partial charge is 0.325 e. The lowest BCUT2D eigenvalue weighted by Gasteiger charge is -2.24. The Morgan fingerprint density at radius 1 is 1.10 bits per heavy atom. The highest BCUT2D eigenvalue weighted by Crippen LogP contribution is 2.39. The molecule has 0 radical (unpaired) electrons. The van der Waals surface area contributed by atoms with Gasteiger partial charge in [0.25, 0.3) is 5.91 Å². The summed E-state index contributed by atoms with van der Waals surface area (Å²) in [5, 5.41) is 4.73. The van der Waals surface area contributed by atoms with E-state index in [1.807, 2.05) is 62.4 Å². The van der Waals surface area contributed by atoms with Gasteiger partial charge >= 0.3 is 6.03 Å². The number of carbonyl (C=O) groups is 3. The third kappa shape index (κ3) is 2.97. The summed E-state index contributed by atoms with van der Waals surface area (Å²) in [6.45, 7) is 5.37. The minimum Gasteiger partial charge on any atom is -0.345 e. The second-order valence-electron chi connectivity index (χ2n) is 8.78. The number of amides is 3. The third-order valence-corrected chi connectivity index (χ3v) is 6.60. The van der Waals surface area contributed by atoms with E-state index in [1.165, 1.54) is 0 Å². The van der Waals surface area contributed by atoms with Gasteiger partial charge in [-0.1, -0.05) is 42.5 Å². The Hall–Kier alpha value is -3.41. The molecule has 1 aliphatic heterocycles. The van der Waals surface area contributed by atoms with Crippen LogP contribution in [-0.4, -0.2) is 33.7 Å². The van der Waals surface area contributed by atoms with Crippen molar-refractivity contribution in [1.29, 1.82) is 0 Å². The fourth-order valence-corrected chi connectivity index (χ4v) is 4.87. The van der Waals surface area contributed by atoms with Gasteiger partial charge in [-0.2, -0.15) is 0 Å². The number of hydrogen-bond donors (Lipinski definition) is 1. The summed E-state index contributed by atoms with van der Waals surface area (Å²) in [5.74, 6) is -0.621. The van der Waals surface area contributed by atoms with E-state index in [0.29, 0.717) is 11.6 Å². The van der Waals surface area contributed by atoms with Gasteiger partial charge in [0, 0.05) is 23.0 Å². The Labute approximate surface area is 180 Å². The molecule has 3 aromatic rings. The monoisotopic (exact) mass is 415 g/mol. The zero-order chi connectivity index (χ0) is 21.9. The van der Waals surface area contributed by atoms with Crippen LogP contribution >= 0.6 is 0 Å². The summed E-state index contributed by atoms with van der Waals surface area (Å²) in [6, 6.07) is 15.3. The molecule has 1 saturated carbocycles. The van der Waals surface area contributed by atoms with E-state index in [1.54, 1.807) is 6.92 Å². The molecular weight excluding hydrogens is 390 g/mol. The second kappa shape index (κ2) is 6.80. The summed E-state index contributed by atoms with van der Waals surface area (Å²) >= 11 is 0. The first kappa shape index (κ1) is 19.5. The predicted molar refractivity (Wildman–Crippen MR) is 118 cm³/mol. The largest absolute Gasteiger partial charge is 0.345 e. The van der Waals surface area contributed by atoms with Gasteiger partial charge in [0.15, 0.2) is 5.78 Å². The molecule has 6 heteroatoms. The number of carbonyl (C=O) groups excluding carboxylic acids is 3. The fraction of sp³-hybridized carbons (Fsp3) is 0.320. The van der Waals surface area contributed by atoms with Crippen molar-refractivity contribution in [2.45, 2.75) is 45.2 Å². The third-order valence-electron chi connectivity index (χ3n) is 6.60. The maximum atomic E-state index is 13.4. The summed E-state index contributed by atoms with van der Waals surface area (Å²) in [5.41, 5.74) is 2.05. The number of fused-ring (bicyclic) bond motifs is 1. The molecule has 158 valence electrons. The summed E-state index contributed by atoms with van der Waals surface area (Å²) in [6.07, 6.45) is 2.25. The maximum absolute atomic E-state index is 13.4. The van der Waals surface area contributed by atoms with Crippen LogP contribution in [0, 0.1) is 13.8 Å². The Morgan fingerprint density at radius 2 is 1.81 bits per heavy atom. The molecule has 0 unspecified atom stereocenters. The lowest BCUT2D eigenvalue weighted by atomic mass is 9.88. The van der Waals surface area contributed by atoms with Crippen molar-refractivity contribution in [3.05, 3.63) is 71.0 Å². The zero-order valence-corrected chi connectivity index (χ0v) is 17.9. The molecule has 2 aromatic carbocycles. The summed E-state index contributed by atoms with van der Waals surface area (Å²) < 4.78 is 2.19. The van der Waals surface area contributed by atoms with Crippen LogP contribution < -0.4 is 5.32 Å². The highest BCUT2D eigenvalue weighted by atomic mass is 16.2.